The summed E-state index contributed by atoms with van der Waals surface area (Å²) in [7, 11) is 0. The molecule has 0 spiro atoms. The van der Waals surface area contributed by atoms with Crippen LogP contribution in [0.3, 0.4) is 0 Å². The summed E-state index contributed by atoms with van der Waals surface area (Å²) in [6.07, 6.45) is -3.97. The van der Waals surface area contributed by atoms with E-state index in [4.69, 9.17) is 14.6 Å². The van der Waals surface area contributed by atoms with Crippen molar-refractivity contribution in [3.8, 4) is 0 Å². The number of hydrogen-bond acceptors (Lipinski definition) is 8. The van der Waals surface area contributed by atoms with Crippen LogP contribution in [0.1, 0.15) is 20.8 Å². The van der Waals surface area contributed by atoms with Gasteiger partial charge in [-0.2, -0.15) is 0 Å². The molecule has 8 nitrogen and oxygen atoms in total. The van der Waals surface area contributed by atoms with Crippen LogP contribution in [0, 0.1) is 0 Å². The van der Waals surface area contributed by atoms with Crippen LogP contribution in [-0.2, 0) is 33.4 Å². The van der Waals surface area contributed by atoms with Crippen LogP contribution in [0.25, 0.3) is 0 Å². The molecule has 0 saturated heterocycles. The normalized spacial score (nSPS) is 14.7. The summed E-state index contributed by atoms with van der Waals surface area (Å²) in [5.74, 6) is -2.31. The lowest BCUT2D eigenvalue weighted by Gasteiger charge is -2.28. The van der Waals surface area contributed by atoms with Crippen molar-refractivity contribution in [2.24, 2.45) is 0 Å². The molecule has 0 aromatic rings. The predicted octanol–water partition coefficient (Wildman–Crippen LogP) is -1.03. The van der Waals surface area contributed by atoms with E-state index in [1.807, 2.05) is 0 Å². The Morgan fingerprint density at radius 3 is 1.79 bits per heavy atom. The Morgan fingerprint density at radius 1 is 1.00 bits per heavy atom. The second kappa shape index (κ2) is 8.20. The molecule has 8 heteroatoms. The standard InChI is InChI=1S/C11H16O8/c1-6(14)17-9(4-12)11(19-8(3)16)10(5-13)18-7(2)15/h4,9-11,13H,5H2,1-3H3/t9-,10-,11-/m0/s1. The first-order valence-electron chi connectivity index (χ1n) is 5.39. The maximum Gasteiger partial charge on any atom is 0.303 e. The average Bonchev–Trinajstić information content (AvgIpc) is 2.29. The van der Waals surface area contributed by atoms with Gasteiger partial charge in [0.05, 0.1) is 6.61 Å². The van der Waals surface area contributed by atoms with Crippen LogP contribution in [0.4, 0.5) is 0 Å². The van der Waals surface area contributed by atoms with Gasteiger partial charge >= 0.3 is 17.9 Å². The van der Waals surface area contributed by atoms with Gasteiger partial charge in [-0.25, -0.2) is 0 Å². The molecule has 1 N–H and O–H groups in total. The SMILES string of the molecule is CC(=O)O[C@@H]([C@H](C=O)OC(C)=O)[C@H](CO)OC(C)=O. The number of aldehydes is 1. The minimum Gasteiger partial charge on any atom is -0.456 e. The number of aliphatic hydroxyl groups is 1. The molecule has 0 aromatic heterocycles. The van der Waals surface area contributed by atoms with E-state index in [1.165, 1.54) is 0 Å². The second-order valence-corrected chi connectivity index (χ2v) is 3.61. The van der Waals surface area contributed by atoms with E-state index in [0.717, 1.165) is 20.8 Å². The van der Waals surface area contributed by atoms with Gasteiger partial charge in [-0.15, -0.1) is 0 Å². The molecule has 108 valence electrons. The van der Waals surface area contributed by atoms with Crippen LogP contribution in [-0.4, -0.2) is 54.2 Å². The predicted molar refractivity (Wildman–Crippen MR) is 59.8 cm³/mol. The Hall–Kier alpha value is -1.96. The summed E-state index contributed by atoms with van der Waals surface area (Å²) in [6.45, 7) is 2.49. The zero-order valence-corrected chi connectivity index (χ0v) is 10.8. The van der Waals surface area contributed by atoms with E-state index in [0.29, 0.717) is 0 Å². The smallest absolute Gasteiger partial charge is 0.303 e. The minimum absolute atomic E-state index is 0.223. The molecule has 0 radical (unpaired) electrons. The van der Waals surface area contributed by atoms with Gasteiger partial charge < -0.3 is 19.3 Å². The number of hydrogen-bond donors (Lipinski definition) is 1. The third-order valence-corrected chi connectivity index (χ3v) is 1.93. The molecule has 0 rings (SSSR count). The highest BCUT2D eigenvalue weighted by Gasteiger charge is 2.36. The van der Waals surface area contributed by atoms with Crippen LogP contribution < -0.4 is 0 Å². The van der Waals surface area contributed by atoms with Crippen LogP contribution >= 0.6 is 0 Å². The molecule has 0 bridgehead atoms. The van der Waals surface area contributed by atoms with Crippen LogP contribution in [0.5, 0.6) is 0 Å². The van der Waals surface area contributed by atoms with Gasteiger partial charge in [-0.05, 0) is 0 Å². The van der Waals surface area contributed by atoms with Gasteiger partial charge in [0.1, 0.15) is 0 Å². The lowest BCUT2D eigenvalue weighted by atomic mass is 10.1. The van der Waals surface area contributed by atoms with Gasteiger partial charge in [0.15, 0.2) is 24.6 Å². The fourth-order valence-corrected chi connectivity index (χ4v) is 1.33. The van der Waals surface area contributed by atoms with Gasteiger partial charge in [-0.1, -0.05) is 0 Å². The van der Waals surface area contributed by atoms with Crippen molar-refractivity contribution >= 4 is 24.2 Å². The van der Waals surface area contributed by atoms with E-state index in [9.17, 15) is 19.2 Å². The zero-order valence-electron chi connectivity index (χ0n) is 10.8. The Kier molecular flexibility index (Phi) is 7.35. The van der Waals surface area contributed by atoms with Crippen molar-refractivity contribution in [2.75, 3.05) is 6.61 Å². The maximum absolute atomic E-state index is 11.0. The monoisotopic (exact) mass is 276 g/mol. The Morgan fingerprint density at radius 2 is 1.47 bits per heavy atom. The van der Waals surface area contributed by atoms with Crippen molar-refractivity contribution in [3.05, 3.63) is 0 Å². The molecular weight excluding hydrogens is 260 g/mol. The summed E-state index contributed by atoms with van der Waals surface area (Å²) in [6, 6.07) is 0. The molecule has 0 aliphatic heterocycles. The zero-order chi connectivity index (χ0) is 15.0. The molecule has 0 aromatic carbocycles. The third kappa shape index (κ3) is 6.51. The molecule has 0 saturated carbocycles. The van der Waals surface area contributed by atoms with E-state index in [1.54, 1.807) is 0 Å². The maximum atomic E-state index is 11.0. The number of rotatable bonds is 7. The topological polar surface area (TPSA) is 116 Å². The highest BCUT2D eigenvalue weighted by Crippen LogP contribution is 2.12. The molecule has 0 amide bonds. The number of carbonyl (C=O) groups is 4. The Labute approximate surface area is 109 Å². The van der Waals surface area contributed by atoms with Crippen LogP contribution in [0.15, 0.2) is 0 Å². The van der Waals surface area contributed by atoms with E-state index >= 15 is 0 Å². The first-order valence-corrected chi connectivity index (χ1v) is 5.39. The molecule has 0 fully saturated rings. The van der Waals surface area contributed by atoms with Crippen molar-refractivity contribution in [1.29, 1.82) is 0 Å². The quantitative estimate of drug-likeness (QED) is 0.356. The highest BCUT2D eigenvalue weighted by molar-refractivity contribution is 5.72. The van der Waals surface area contributed by atoms with Crippen molar-refractivity contribution < 1.29 is 38.5 Å². The first-order chi connectivity index (χ1) is 8.81. The van der Waals surface area contributed by atoms with E-state index in [2.05, 4.69) is 4.74 Å². The third-order valence-electron chi connectivity index (χ3n) is 1.93. The van der Waals surface area contributed by atoms with Crippen molar-refractivity contribution in [3.63, 3.8) is 0 Å². The lowest BCUT2D eigenvalue weighted by molar-refractivity contribution is -0.185. The van der Waals surface area contributed by atoms with Gasteiger partial charge in [0.25, 0.3) is 0 Å². The first kappa shape index (κ1) is 17.0. The fraction of sp³-hybridized carbons (Fsp3) is 0.636. The van der Waals surface area contributed by atoms with E-state index < -0.39 is 42.8 Å². The molecule has 0 aliphatic rings. The highest BCUT2D eigenvalue weighted by atomic mass is 16.6. The minimum atomic E-state index is -1.47. The molecule has 0 heterocycles. The lowest BCUT2D eigenvalue weighted by Crippen LogP contribution is -2.47. The molecule has 0 unspecified atom stereocenters. The average molecular weight is 276 g/mol. The second-order valence-electron chi connectivity index (χ2n) is 3.61. The summed E-state index contributed by atoms with van der Waals surface area (Å²) in [4.78, 5) is 43.6. The Bertz CT molecular complexity index is 351. The molecule has 3 atom stereocenters. The van der Waals surface area contributed by atoms with Crippen molar-refractivity contribution in [2.45, 2.75) is 39.1 Å². The number of aliphatic hydroxyl groups excluding tert-OH is 1. The Balaban J connectivity index is 5.11. The van der Waals surface area contributed by atoms with E-state index in [-0.39, 0.29) is 6.29 Å². The van der Waals surface area contributed by atoms with Crippen LogP contribution in [0.2, 0.25) is 0 Å². The number of carbonyl (C=O) groups excluding carboxylic acids is 4. The molecular formula is C11H16O8. The summed E-state index contributed by atoms with van der Waals surface area (Å²) in [5, 5.41) is 9.11. The van der Waals surface area contributed by atoms with Gasteiger partial charge in [0, 0.05) is 20.8 Å². The number of esters is 3. The summed E-state index contributed by atoms with van der Waals surface area (Å²) in [5.41, 5.74) is 0. The molecule has 0 aliphatic carbocycles. The van der Waals surface area contributed by atoms with Gasteiger partial charge in [-0.3, -0.25) is 19.2 Å². The van der Waals surface area contributed by atoms with Crippen molar-refractivity contribution in [1.82, 2.24) is 0 Å². The fourth-order valence-electron chi connectivity index (χ4n) is 1.33. The molecule has 19 heavy (non-hydrogen) atoms. The summed E-state index contributed by atoms with van der Waals surface area (Å²) >= 11 is 0. The summed E-state index contributed by atoms with van der Waals surface area (Å²) < 4.78 is 14.1. The largest absolute Gasteiger partial charge is 0.456 e. The number of ether oxygens (including phenoxy) is 3. The van der Waals surface area contributed by atoms with Gasteiger partial charge in [0.2, 0.25) is 0 Å².